The summed E-state index contributed by atoms with van der Waals surface area (Å²) in [5, 5.41) is 21.2. The molecule has 0 radical (unpaired) electrons. The topological polar surface area (TPSA) is 112 Å². The van der Waals surface area contributed by atoms with Gasteiger partial charge in [-0.25, -0.2) is 0 Å². The fraction of sp³-hybridized carbons (Fsp3) is 0.100. The molecular weight excluding hydrogens is 380 g/mol. The molecule has 4 N–H and O–H groups in total. The lowest BCUT2D eigenvalue weighted by Crippen LogP contribution is -2.40. The maximum atomic E-state index is 12.1. The van der Waals surface area contributed by atoms with Crippen LogP contribution in [0.15, 0.2) is 42.5 Å². The molecule has 0 fully saturated rings. The molecule has 0 aliphatic rings. The molecule has 8 heteroatoms. The van der Waals surface area contributed by atoms with E-state index in [2.05, 4.69) is 4.98 Å². The number of amides is 1. The zero-order valence-corrected chi connectivity index (χ0v) is 16.0. The first-order valence-electron chi connectivity index (χ1n) is 8.27. The van der Waals surface area contributed by atoms with Gasteiger partial charge in [-0.2, -0.15) is 15.3 Å². The molecule has 28 heavy (non-hydrogen) atoms. The molecule has 0 aliphatic carbocycles. The van der Waals surface area contributed by atoms with Crippen molar-refractivity contribution in [2.45, 2.75) is 6.92 Å². The highest BCUT2D eigenvalue weighted by Gasteiger charge is 2.41. The first-order chi connectivity index (χ1) is 13.3. The average Bonchev–Trinajstić information content (AvgIpc) is 3.04. The van der Waals surface area contributed by atoms with Gasteiger partial charge >= 0.3 is 0 Å². The van der Waals surface area contributed by atoms with E-state index in [-0.39, 0.29) is 11.4 Å². The van der Waals surface area contributed by atoms with Crippen LogP contribution in [0.3, 0.4) is 0 Å². The number of hydrogen-bond acceptors (Lipinski definition) is 4. The minimum absolute atomic E-state index is 0.00256. The van der Waals surface area contributed by atoms with Crippen molar-refractivity contribution in [2.24, 2.45) is 5.73 Å². The molecule has 1 unspecified atom stereocenters. The number of quaternary nitrogens is 1. The third kappa shape index (κ3) is 3.38. The number of aromatic amines is 1. The lowest BCUT2D eigenvalue weighted by Gasteiger charge is -2.25. The maximum absolute atomic E-state index is 12.1. The minimum Gasteiger partial charge on any atom is -0.364 e. The summed E-state index contributed by atoms with van der Waals surface area (Å²) in [6.07, 6.45) is 2.94. The van der Waals surface area contributed by atoms with Gasteiger partial charge in [-0.15, -0.1) is 0 Å². The monoisotopic (exact) mass is 397 g/mol. The van der Waals surface area contributed by atoms with E-state index in [1.54, 1.807) is 36.4 Å². The number of carbonyl (C=O) groups excluding carboxylic acids is 1. The van der Waals surface area contributed by atoms with Crippen LogP contribution >= 0.6 is 11.6 Å². The molecular formula is C20H18ClN4O3+. The molecule has 0 saturated carbocycles. The van der Waals surface area contributed by atoms with Gasteiger partial charge in [0.2, 0.25) is 11.4 Å². The van der Waals surface area contributed by atoms with Gasteiger partial charge in [0.1, 0.15) is 7.11 Å². The Bertz CT molecular complexity index is 1150. The lowest BCUT2D eigenvalue weighted by molar-refractivity contribution is -0.266. The largest absolute Gasteiger partial charge is 0.364 e. The second-order valence-electron chi connectivity index (χ2n) is 6.23. The molecule has 0 aliphatic heterocycles. The van der Waals surface area contributed by atoms with Crippen LogP contribution in [-0.2, 0) is 4.84 Å². The number of nitrogens with zero attached hydrogens (tertiary/aromatic N) is 2. The van der Waals surface area contributed by atoms with Gasteiger partial charge in [-0.05, 0) is 42.3 Å². The molecule has 2 aromatic carbocycles. The van der Waals surface area contributed by atoms with Crippen molar-refractivity contribution in [3.63, 3.8) is 0 Å². The Hall–Kier alpha value is -3.15. The number of rotatable bonds is 5. The van der Waals surface area contributed by atoms with E-state index in [1.165, 1.54) is 13.2 Å². The summed E-state index contributed by atoms with van der Waals surface area (Å²) >= 11 is 6.13. The average molecular weight is 398 g/mol. The Balaban J connectivity index is 2.34. The smallest absolute Gasteiger partial charge is 0.271 e. The van der Waals surface area contributed by atoms with Crippen LogP contribution in [0, 0.1) is 18.3 Å². The van der Waals surface area contributed by atoms with Gasteiger partial charge in [0.25, 0.3) is 5.91 Å². The van der Waals surface area contributed by atoms with Crippen molar-refractivity contribution in [3.05, 3.63) is 64.3 Å². The van der Waals surface area contributed by atoms with Crippen molar-refractivity contribution in [3.8, 4) is 6.07 Å². The van der Waals surface area contributed by atoms with E-state index in [1.807, 2.05) is 19.1 Å². The third-order valence-corrected chi connectivity index (χ3v) is 4.57. The van der Waals surface area contributed by atoms with Crippen LogP contribution in [0.5, 0.6) is 0 Å². The highest BCUT2D eigenvalue weighted by atomic mass is 35.5. The van der Waals surface area contributed by atoms with Gasteiger partial charge in [-0.1, -0.05) is 17.7 Å². The molecule has 7 nitrogen and oxygen atoms in total. The number of carbonyl (C=O) groups is 1. The fourth-order valence-electron chi connectivity index (χ4n) is 3.17. The van der Waals surface area contributed by atoms with E-state index in [9.17, 15) is 10.0 Å². The van der Waals surface area contributed by atoms with E-state index >= 15 is 0 Å². The summed E-state index contributed by atoms with van der Waals surface area (Å²) in [5.41, 5.74) is 8.06. The molecule has 1 atom stereocenters. The summed E-state index contributed by atoms with van der Waals surface area (Å²) in [4.78, 5) is 19.3. The van der Waals surface area contributed by atoms with Crippen molar-refractivity contribution in [1.82, 2.24) is 9.79 Å². The number of primary amides is 1. The second-order valence-corrected chi connectivity index (χ2v) is 6.66. The number of nitrogens with one attached hydrogen (secondary N) is 1. The number of nitriles is 1. The SMILES string of the molecule is CO[N+](O)(c1cc(C)cc(/C=C/C#N)c1)c1c(C(N)=O)[nH]c2ccc(Cl)cc12. The summed E-state index contributed by atoms with van der Waals surface area (Å²) in [5.74, 6) is -0.756. The molecule has 142 valence electrons. The van der Waals surface area contributed by atoms with Crippen LogP contribution in [0.4, 0.5) is 11.4 Å². The number of aryl methyl sites for hydroxylation is 1. The van der Waals surface area contributed by atoms with Gasteiger partial charge in [-0.3, -0.25) is 4.79 Å². The van der Waals surface area contributed by atoms with E-state index in [0.29, 0.717) is 27.2 Å². The first-order valence-corrected chi connectivity index (χ1v) is 8.65. The Labute approximate surface area is 166 Å². The maximum Gasteiger partial charge on any atom is 0.271 e. The zero-order valence-electron chi connectivity index (χ0n) is 15.2. The second kappa shape index (κ2) is 7.46. The van der Waals surface area contributed by atoms with Crippen molar-refractivity contribution in [2.75, 3.05) is 7.11 Å². The minimum atomic E-state index is -1.15. The number of hydrogen-bond donors (Lipinski definition) is 3. The molecule has 0 saturated heterocycles. The lowest BCUT2D eigenvalue weighted by atomic mass is 10.1. The number of benzene rings is 2. The number of aromatic nitrogens is 1. The quantitative estimate of drug-likeness (QED) is 0.337. The summed E-state index contributed by atoms with van der Waals surface area (Å²) in [6.45, 7) is 1.84. The van der Waals surface area contributed by atoms with Crippen LogP contribution in [0.2, 0.25) is 5.02 Å². The third-order valence-electron chi connectivity index (χ3n) is 4.33. The standard InChI is InChI=1S/C20H17ClN4O3/c1-12-8-13(4-3-7-22)10-15(9-12)25(27,28-2)19-16-11-14(21)5-6-17(16)24-18(19)20(23)26/h3-6,8-11,27H,1-2H3,(H2-,23,24,26)/p+1/b4-3+. The summed E-state index contributed by atoms with van der Waals surface area (Å²) in [7, 11) is 1.31. The number of nitrogens with two attached hydrogens (primary N) is 1. The van der Waals surface area contributed by atoms with Gasteiger partial charge in [0.05, 0.1) is 17.0 Å². The number of fused-ring (bicyclic) bond motifs is 1. The zero-order chi connectivity index (χ0) is 20.5. The van der Waals surface area contributed by atoms with Crippen LogP contribution < -0.4 is 10.5 Å². The Morgan fingerprint density at radius 1 is 1.36 bits per heavy atom. The van der Waals surface area contributed by atoms with Gasteiger partial charge < -0.3 is 10.7 Å². The van der Waals surface area contributed by atoms with E-state index < -0.39 is 10.7 Å². The van der Waals surface area contributed by atoms with Gasteiger partial charge in [0.15, 0.2) is 5.69 Å². The highest BCUT2D eigenvalue weighted by Crippen LogP contribution is 2.42. The fourth-order valence-corrected chi connectivity index (χ4v) is 3.34. The Morgan fingerprint density at radius 2 is 2.11 bits per heavy atom. The Morgan fingerprint density at radius 3 is 2.75 bits per heavy atom. The Kier molecular flexibility index (Phi) is 5.23. The molecule has 1 heterocycles. The first kappa shape index (κ1) is 19.6. The van der Waals surface area contributed by atoms with Crippen molar-refractivity contribution >= 4 is 45.9 Å². The molecule has 0 bridgehead atoms. The van der Waals surface area contributed by atoms with Gasteiger partial charge in [0, 0.05) is 28.0 Å². The predicted octanol–water partition coefficient (Wildman–Crippen LogP) is 4.36. The molecule has 1 aromatic heterocycles. The van der Waals surface area contributed by atoms with Crippen molar-refractivity contribution in [1.29, 1.82) is 5.26 Å². The predicted molar refractivity (Wildman–Crippen MR) is 108 cm³/mol. The van der Waals surface area contributed by atoms with Crippen molar-refractivity contribution < 1.29 is 14.8 Å². The van der Waals surface area contributed by atoms with E-state index in [0.717, 1.165) is 5.56 Å². The van der Waals surface area contributed by atoms with E-state index in [4.69, 9.17) is 27.4 Å². The normalized spacial score (nSPS) is 13.5. The van der Waals surface area contributed by atoms with Crippen LogP contribution in [0.1, 0.15) is 21.6 Å². The molecule has 3 aromatic rings. The molecule has 1 amide bonds. The number of H-pyrrole nitrogens is 1. The molecule has 0 spiro atoms. The number of allylic oxidation sites excluding steroid dienone is 1. The highest BCUT2D eigenvalue weighted by molar-refractivity contribution is 6.31. The number of halogens is 1. The summed E-state index contributed by atoms with van der Waals surface area (Å²) in [6, 6.07) is 12.1. The molecule has 3 rings (SSSR count). The van der Waals surface area contributed by atoms with Crippen LogP contribution in [0.25, 0.3) is 17.0 Å². The van der Waals surface area contributed by atoms with Crippen LogP contribution in [-0.4, -0.2) is 23.2 Å². The summed E-state index contributed by atoms with van der Waals surface area (Å²) < 4.78 is 0.